The van der Waals surface area contributed by atoms with Crippen molar-refractivity contribution in [3.05, 3.63) is 18.6 Å². The van der Waals surface area contributed by atoms with Crippen molar-refractivity contribution >= 4 is 17.7 Å². The molecule has 1 aromatic rings. The van der Waals surface area contributed by atoms with Crippen molar-refractivity contribution < 1.29 is 14.7 Å². The minimum Gasteiger partial charge on any atom is -0.481 e. The number of amides is 1. The van der Waals surface area contributed by atoms with Crippen LogP contribution in [0.25, 0.3) is 0 Å². The lowest BCUT2D eigenvalue weighted by atomic mass is 9.66. The summed E-state index contributed by atoms with van der Waals surface area (Å²) in [6, 6.07) is 0. The largest absolute Gasteiger partial charge is 0.481 e. The number of piperazine rings is 1. The van der Waals surface area contributed by atoms with Crippen LogP contribution in [0.1, 0.15) is 25.7 Å². The summed E-state index contributed by atoms with van der Waals surface area (Å²) in [5, 5.41) is 9.33. The SMILES string of the molecule is O=C(CC1(C(=O)O)CCC1)N1CCN(c2cnccn2)CC1. The number of anilines is 1. The molecular formula is C15H20N4O3. The van der Waals surface area contributed by atoms with Gasteiger partial charge in [-0.05, 0) is 12.8 Å². The van der Waals surface area contributed by atoms with Gasteiger partial charge in [0, 0.05) is 45.0 Å². The highest BCUT2D eigenvalue weighted by atomic mass is 16.4. The quantitative estimate of drug-likeness (QED) is 0.884. The van der Waals surface area contributed by atoms with Crippen molar-refractivity contribution in [1.29, 1.82) is 0 Å². The van der Waals surface area contributed by atoms with E-state index in [1.54, 1.807) is 23.5 Å². The molecule has 22 heavy (non-hydrogen) atoms. The number of rotatable bonds is 4. The van der Waals surface area contributed by atoms with Gasteiger partial charge in [-0.3, -0.25) is 14.6 Å². The molecule has 2 aliphatic rings. The van der Waals surface area contributed by atoms with Crippen LogP contribution in [0.4, 0.5) is 5.82 Å². The normalized spacial score (nSPS) is 20.4. The molecule has 118 valence electrons. The summed E-state index contributed by atoms with van der Waals surface area (Å²) in [6.45, 7) is 2.60. The molecule has 0 aromatic carbocycles. The number of nitrogens with zero attached hydrogens (tertiary/aromatic N) is 4. The molecule has 7 nitrogen and oxygen atoms in total. The van der Waals surface area contributed by atoms with E-state index in [1.165, 1.54) is 0 Å². The van der Waals surface area contributed by atoms with Crippen LogP contribution in [0.5, 0.6) is 0 Å². The number of hydrogen-bond donors (Lipinski definition) is 1. The van der Waals surface area contributed by atoms with E-state index in [4.69, 9.17) is 0 Å². The molecule has 0 spiro atoms. The second-order valence-electron chi connectivity index (χ2n) is 6.05. The second-order valence-corrected chi connectivity index (χ2v) is 6.05. The number of hydrogen-bond acceptors (Lipinski definition) is 5. The smallest absolute Gasteiger partial charge is 0.310 e. The predicted molar refractivity (Wildman–Crippen MR) is 79.4 cm³/mol. The van der Waals surface area contributed by atoms with Gasteiger partial charge in [-0.25, -0.2) is 4.98 Å². The highest BCUT2D eigenvalue weighted by Gasteiger charge is 2.46. The van der Waals surface area contributed by atoms with Gasteiger partial charge >= 0.3 is 5.97 Å². The average Bonchev–Trinajstić information content (AvgIpc) is 2.51. The van der Waals surface area contributed by atoms with Crippen molar-refractivity contribution in [2.45, 2.75) is 25.7 Å². The minimum atomic E-state index is -0.828. The molecule has 1 saturated heterocycles. The van der Waals surface area contributed by atoms with Crippen LogP contribution in [0.2, 0.25) is 0 Å². The molecule has 2 heterocycles. The summed E-state index contributed by atoms with van der Waals surface area (Å²) in [5.74, 6) is -0.0539. The number of carbonyl (C=O) groups is 2. The van der Waals surface area contributed by atoms with Gasteiger partial charge in [-0.1, -0.05) is 6.42 Å². The Morgan fingerprint density at radius 2 is 1.91 bits per heavy atom. The second kappa shape index (κ2) is 5.90. The van der Waals surface area contributed by atoms with E-state index >= 15 is 0 Å². The molecule has 1 aromatic heterocycles. The van der Waals surface area contributed by atoms with Crippen molar-refractivity contribution in [2.75, 3.05) is 31.1 Å². The third kappa shape index (κ3) is 2.75. The topological polar surface area (TPSA) is 86.6 Å². The first-order valence-corrected chi connectivity index (χ1v) is 7.63. The van der Waals surface area contributed by atoms with Crippen LogP contribution in [0.3, 0.4) is 0 Å². The molecule has 0 bridgehead atoms. The average molecular weight is 304 g/mol. The number of carbonyl (C=O) groups excluding carboxylic acids is 1. The van der Waals surface area contributed by atoms with Crippen LogP contribution in [-0.4, -0.2) is 58.0 Å². The maximum absolute atomic E-state index is 12.4. The number of carboxylic acid groups (broad SMARTS) is 1. The van der Waals surface area contributed by atoms with E-state index in [-0.39, 0.29) is 12.3 Å². The predicted octanol–water partition coefficient (Wildman–Crippen LogP) is 0.770. The Kier molecular flexibility index (Phi) is 3.96. The van der Waals surface area contributed by atoms with E-state index < -0.39 is 11.4 Å². The van der Waals surface area contributed by atoms with Crippen molar-refractivity contribution in [3.63, 3.8) is 0 Å². The molecule has 1 saturated carbocycles. The van der Waals surface area contributed by atoms with Crippen molar-refractivity contribution in [3.8, 4) is 0 Å². The van der Waals surface area contributed by atoms with Gasteiger partial charge in [-0.15, -0.1) is 0 Å². The van der Waals surface area contributed by atoms with Crippen LogP contribution >= 0.6 is 0 Å². The first-order valence-electron chi connectivity index (χ1n) is 7.63. The van der Waals surface area contributed by atoms with Crippen LogP contribution in [-0.2, 0) is 9.59 Å². The van der Waals surface area contributed by atoms with Gasteiger partial charge in [-0.2, -0.15) is 0 Å². The van der Waals surface area contributed by atoms with Crippen molar-refractivity contribution in [2.24, 2.45) is 5.41 Å². The lowest BCUT2D eigenvalue weighted by Crippen LogP contribution is -2.51. The van der Waals surface area contributed by atoms with Crippen LogP contribution in [0.15, 0.2) is 18.6 Å². The Hall–Kier alpha value is -2.18. The minimum absolute atomic E-state index is 0.0408. The van der Waals surface area contributed by atoms with Crippen LogP contribution < -0.4 is 4.90 Å². The number of aromatic nitrogens is 2. The summed E-state index contributed by atoms with van der Waals surface area (Å²) in [6.07, 6.45) is 7.27. The fourth-order valence-electron chi connectivity index (χ4n) is 3.11. The number of carboxylic acids is 1. The molecule has 7 heteroatoms. The molecule has 0 unspecified atom stereocenters. The summed E-state index contributed by atoms with van der Waals surface area (Å²) in [5.41, 5.74) is -0.806. The Balaban J connectivity index is 1.55. The van der Waals surface area contributed by atoms with Gasteiger partial charge in [0.2, 0.25) is 5.91 Å². The molecule has 1 aliphatic carbocycles. The Morgan fingerprint density at radius 3 is 2.41 bits per heavy atom. The van der Waals surface area contributed by atoms with Crippen LogP contribution in [0, 0.1) is 5.41 Å². The number of aliphatic carboxylic acids is 1. The van der Waals surface area contributed by atoms with E-state index in [1.807, 2.05) is 0 Å². The Bertz CT molecular complexity index is 551. The molecule has 0 radical (unpaired) electrons. The van der Waals surface area contributed by atoms with Crippen molar-refractivity contribution in [1.82, 2.24) is 14.9 Å². The zero-order chi connectivity index (χ0) is 15.6. The monoisotopic (exact) mass is 304 g/mol. The van der Waals surface area contributed by atoms with E-state index in [9.17, 15) is 14.7 Å². The molecular weight excluding hydrogens is 284 g/mol. The zero-order valence-corrected chi connectivity index (χ0v) is 12.4. The van der Waals surface area contributed by atoms with E-state index in [2.05, 4.69) is 14.9 Å². The fraction of sp³-hybridized carbons (Fsp3) is 0.600. The molecule has 1 amide bonds. The summed E-state index contributed by atoms with van der Waals surface area (Å²) in [7, 11) is 0. The maximum atomic E-state index is 12.4. The van der Waals surface area contributed by atoms with Gasteiger partial charge in [0.15, 0.2) is 0 Å². The summed E-state index contributed by atoms with van der Waals surface area (Å²) >= 11 is 0. The molecule has 0 atom stereocenters. The molecule has 1 aliphatic heterocycles. The lowest BCUT2D eigenvalue weighted by Gasteiger charge is -2.40. The first kappa shape index (κ1) is 14.7. The maximum Gasteiger partial charge on any atom is 0.310 e. The zero-order valence-electron chi connectivity index (χ0n) is 12.4. The lowest BCUT2D eigenvalue weighted by molar-refractivity contribution is -0.159. The Morgan fingerprint density at radius 1 is 1.18 bits per heavy atom. The molecule has 2 fully saturated rings. The standard InChI is InChI=1S/C15H20N4O3/c20-13(10-15(14(21)22)2-1-3-15)19-8-6-18(7-9-19)12-11-16-4-5-17-12/h4-5,11H,1-3,6-10H2,(H,21,22). The van der Waals surface area contributed by atoms with Gasteiger partial charge in [0.05, 0.1) is 11.6 Å². The summed E-state index contributed by atoms with van der Waals surface area (Å²) in [4.78, 5) is 35.9. The molecule has 1 N–H and O–H groups in total. The molecule has 3 rings (SSSR count). The Labute approximate surface area is 129 Å². The highest BCUT2D eigenvalue weighted by Crippen LogP contribution is 2.44. The highest BCUT2D eigenvalue weighted by molar-refractivity contribution is 5.85. The first-order chi connectivity index (χ1) is 10.6. The third-order valence-corrected chi connectivity index (χ3v) is 4.76. The van der Waals surface area contributed by atoms with E-state index in [0.29, 0.717) is 39.0 Å². The van der Waals surface area contributed by atoms with Gasteiger partial charge in [0.25, 0.3) is 0 Å². The van der Waals surface area contributed by atoms with Gasteiger partial charge < -0.3 is 14.9 Å². The summed E-state index contributed by atoms with van der Waals surface area (Å²) < 4.78 is 0. The third-order valence-electron chi connectivity index (χ3n) is 4.76. The van der Waals surface area contributed by atoms with Gasteiger partial charge in [0.1, 0.15) is 5.82 Å². The van der Waals surface area contributed by atoms with E-state index in [0.717, 1.165) is 12.2 Å². The fourth-order valence-corrected chi connectivity index (χ4v) is 3.11.